The largest absolute Gasteiger partial charge is 0.446 e. The first kappa shape index (κ1) is 17.1. The van der Waals surface area contributed by atoms with Gasteiger partial charge in [-0.3, -0.25) is 10.2 Å². The van der Waals surface area contributed by atoms with E-state index in [9.17, 15) is 4.79 Å². The van der Waals surface area contributed by atoms with E-state index in [0.717, 1.165) is 45.6 Å². The molecule has 0 bridgehead atoms. The van der Waals surface area contributed by atoms with Gasteiger partial charge in [0.15, 0.2) is 0 Å². The summed E-state index contributed by atoms with van der Waals surface area (Å²) < 4.78 is 11.1. The topological polar surface area (TPSA) is 76.6 Å². The van der Waals surface area contributed by atoms with Crippen LogP contribution in [0, 0.1) is 12.8 Å². The second-order valence-electron chi connectivity index (χ2n) is 6.66. The molecule has 2 atom stereocenters. The Morgan fingerprint density at radius 2 is 2.17 bits per heavy atom. The van der Waals surface area contributed by atoms with Crippen LogP contribution in [0.3, 0.4) is 0 Å². The van der Waals surface area contributed by atoms with E-state index >= 15 is 0 Å². The molecule has 0 saturated carbocycles. The Morgan fingerprint density at radius 1 is 1.38 bits per heavy atom. The van der Waals surface area contributed by atoms with Crippen LogP contribution >= 0.6 is 0 Å². The highest BCUT2D eigenvalue weighted by molar-refractivity contribution is 5.83. The fraction of sp³-hybridized carbons (Fsp3) is 0.706. The summed E-state index contributed by atoms with van der Waals surface area (Å²) in [6, 6.07) is 2.27. The Kier molecular flexibility index (Phi) is 5.63. The fourth-order valence-corrected chi connectivity index (χ4v) is 3.51. The minimum Gasteiger partial charge on any atom is -0.446 e. The molecule has 24 heavy (non-hydrogen) atoms. The van der Waals surface area contributed by atoms with Crippen molar-refractivity contribution in [2.45, 2.75) is 45.3 Å². The molecular weight excluding hydrogens is 308 g/mol. The summed E-state index contributed by atoms with van der Waals surface area (Å²) in [5.41, 5.74) is 0. The van der Waals surface area contributed by atoms with E-state index in [0.29, 0.717) is 23.6 Å². The number of carbonyl (C=O) groups is 1. The predicted molar refractivity (Wildman–Crippen MR) is 89.9 cm³/mol. The first-order valence-electron chi connectivity index (χ1n) is 8.71. The van der Waals surface area contributed by atoms with Crippen LogP contribution in [0.4, 0.5) is 10.6 Å². The van der Waals surface area contributed by atoms with Crippen LogP contribution in [0.5, 0.6) is 0 Å². The van der Waals surface area contributed by atoms with Crippen molar-refractivity contribution in [3.63, 3.8) is 0 Å². The summed E-state index contributed by atoms with van der Waals surface area (Å²) in [5.74, 6) is 1.41. The molecule has 1 aromatic heterocycles. The van der Waals surface area contributed by atoms with Crippen molar-refractivity contribution < 1.29 is 14.3 Å². The molecule has 0 unspecified atom stereocenters. The number of nitrogens with one attached hydrogen (secondary N) is 1. The number of hydrogen-bond donors (Lipinski definition) is 1. The van der Waals surface area contributed by atoms with Crippen LogP contribution < -0.4 is 5.32 Å². The van der Waals surface area contributed by atoms with Gasteiger partial charge in [0.2, 0.25) is 0 Å². The van der Waals surface area contributed by atoms with Gasteiger partial charge < -0.3 is 9.47 Å². The van der Waals surface area contributed by atoms with Crippen molar-refractivity contribution in [1.29, 1.82) is 0 Å². The summed E-state index contributed by atoms with van der Waals surface area (Å²) >= 11 is 0. The SMILES string of the molecule is Cc1nccc(NC(=O)O[C@@H]2CCN(C3CCOCC3)C[C@@H]2C)n1. The molecule has 0 radical (unpaired) electrons. The quantitative estimate of drug-likeness (QED) is 0.913. The second-order valence-corrected chi connectivity index (χ2v) is 6.66. The number of hydrogen-bond acceptors (Lipinski definition) is 6. The molecule has 2 fully saturated rings. The van der Waals surface area contributed by atoms with Gasteiger partial charge in [-0.05, 0) is 32.3 Å². The van der Waals surface area contributed by atoms with Gasteiger partial charge in [-0.1, -0.05) is 6.92 Å². The van der Waals surface area contributed by atoms with E-state index in [-0.39, 0.29) is 6.10 Å². The molecule has 2 aliphatic heterocycles. The van der Waals surface area contributed by atoms with Gasteiger partial charge >= 0.3 is 6.09 Å². The lowest BCUT2D eigenvalue weighted by atomic mass is 9.93. The molecule has 3 rings (SSSR count). The molecule has 132 valence electrons. The van der Waals surface area contributed by atoms with E-state index in [1.165, 1.54) is 0 Å². The second kappa shape index (κ2) is 7.90. The highest BCUT2D eigenvalue weighted by Gasteiger charge is 2.32. The lowest BCUT2D eigenvalue weighted by molar-refractivity contribution is -0.0212. The van der Waals surface area contributed by atoms with Crippen molar-refractivity contribution >= 4 is 11.9 Å². The third-order valence-electron chi connectivity index (χ3n) is 4.83. The van der Waals surface area contributed by atoms with Gasteiger partial charge in [0, 0.05) is 44.5 Å². The number of piperidine rings is 1. The molecule has 0 aromatic carbocycles. The van der Waals surface area contributed by atoms with Gasteiger partial charge in [0.1, 0.15) is 17.7 Å². The van der Waals surface area contributed by atoms with Gasteiger partial charge in [-0.2, -0.15) is 0 Å². The monoisotopic (exact) mass is 334 g/mol. The van der Waals surface area contributed by atoms with Crippen molar-refractivity contribution in [2.24, 2.45) is 5.92 Å². The van der Waals surface area contributed by atoms with Crippen molar-refractivity contribution in [3.8, 4) is 0 Å². The maximum Gasteiger partial charge on any atom is 0.413 e. The average Bonchev–Trinajstić information content (AvgIpc) is 2.57. The molecule has 3 heterocycles. The molecule has 7 heteroatoms. The highest BCUT2D eigenvalue weighted by Crippen LogP contribution is 2.25. The zero-order valence-corrected chi connectivity index (χ0v) is 14.4. The Balaban J connectivity index is 1.48. The zero-order valence-electron chi connectivity index (χ0n) is 14.4. The van der Waals surface area contributed by atoms with Gasteiger partial charge in [0.25, 0.3) is 0 Å². The summed E-state index contributed by atoms with van der Waals surface area (Å²) in [6.07, 6.45) is 4.20. The lowest BCUT2D eigenvalue weighted by Crippen LogP contribution is -2.49. The molecule has 0 spiro atoms. The summed E-state index contributed by atoms with van der Waals surface area (Å²) in [5, 5.41) is 2.68. The molecule has 2 saturated heterocycles. The van der Waals surface area contributed by atoms with E-state index < -0.39 is 6.09 Å². The van der Waals surface area contributed by atoms with Crippen LogP contribution in [-0.2, 0) is 9.47 Å². The molecule has 1 N–H and O–H groups in total. The van der Waals surface area contributed by atoms with Crippen LogP contribution in [0.1, 0.15) is 32.0 Å². The van der Waals surface area contributed by atoms with Crippen LogP contribution in [0.2, 0.25) is 0 Å². The maximum absolute atomic E-state index is 12.1. The molecule has 2 aliphatic rings. The Hall–Kier alpha value is -1.73. The lowest BCUT2D eigenvalue weighted by Gasteiger charge is -2.41. The summed E-state index contributed by atoms with van der Waals surface area (Å²) in [7, 11) is 0. The van der Waals surface area contributed by atoms with E-state index in [1.54, 1.807) is 19.2 Å². The summed E-state index contributed by atoms with van der Waals surface area (Å²) in [4.78, 5) is 22.8. The Morgan fingerprint density at radius 3 is 2.88 bits per heavy atom. The van der Waals surface area contributed by atoms with Crippen molar-refractivity contribution in [3.05, 3.63) is 18.1 Å². The first-order valence-corrected chi connectivity index (χ1v) is 8.71. The number of anilines is 1. The number of aromatic nitrogens is 2. The predicted octanol–water partition coefficient (Wildman–Crippen LogP) is 2.22. The van der Waals surface area contributed by atoms with Crippen LogP contribution in [-0.4, -0.2) is 59.4 Å². The average molecular weight is 334 g/mol. The van der Waals surface area contributed by atoms with E-state index in [2.05, 4.69) is 27.1 Å². The van der Waals surface area contributed by atoms with E-state index in [4.69, 9.17) is 9.47 Å². The fourth-order valence-electron chi connectivity index (χ4n) is 3.51. The molecule has 0 aliphatic carbocycles. The number of amides is 1. The zero-order chi connectivity index (χ0) is 16.9. The first-order chi connectivity index (χ1) is 11.6. The highest BCUT2D eigenvalue weighted by atomic mass is 16.6. The standard InChI is InChI=1S/C17H26N4O3/c1-12-11-21(14-5-9-23-10-6-14)8-4-15(12)24-17(22)20-16-3-7-18-13(2)19-16/h3,7,12,14-15H,4-6,8-11H2,1-2H3,(H,18,19,20,22)/t12-,15+/m0/s1. The summed E-state index contributed by atoms with van der Waals surface area (Å²) in [6.45, 7) is 7.59. The van der Waals surface area contributed by atoms with Gasteiger partial charge in [-0.25, -0.2) is 14.8 Å². The van der Waals surface area contributed by atoms with Crippen LogP contribution in [0.25, 0.3) is 0 Å². The molecule has 1 aromatic rings. The maximum atomic E-state index is 12.1. The normalized spacial score (nSPS) is 26.1. The third kappa shape index (κ3) is 4.42. The van der Waals surface area contributed by atoms with Gasteiger partial charge in [-0.15, -0.1) is 0 Å². The minimum atomic E-state index is -0.440. The molecule has 1 amide bonds. The Bertz CT molecular complexity index is 563. The Labute approximate surface area is 142 Å². The number of carbonyl (C=O) groups excluding carboxylic acids is 1. The smallest absolute Gasteiger partial charge is 0.413 e. The number of aryl methyl sites for hydroxylation is 1. The van der Waals surface area contributed by atoms with E-state index in [1.807, 2.05) is 0 Å². The van der Waals surface area contributed by atoms with Crippen molar-refractivity contribution in [1.82, 2.24) is 14.9 Å². The molecule has 7 nitrogen and oxygen atoms in total. The third-order valence-corrected chi connectivity index (χ3v) is 4.83. The minimum absolute atomic E-state index is 0.0518. The van der Waals surface area contributed by atoms with Gasteiger partial charge in [0.05, 0.1) is 0 Å². The molecular formula is C17H26N4O3. The number of ether oxygens (including phenoxy) is 2. The number of rotatable bonds is 3. The van der Waals surface area contributed by atoms with Crippen LogP contribution in [0.15, 0.2) is 12.3 Å². The number of nitrogens with zero attached hydrogens (tertiary/aromatic N) is 3. The number of likely N-dealkylation sites (tertiary alicyclic amines) is 1. The van der Waals surface area contributed by atoms with Crippen molar-refractivity contribution in [2.75, 3.05) is 31.6 Å².